The van der Waals surface area contributed by atoms with Crippen molar-refractivity contribution in [3.05, 3.63) is 30.4 Å². The van der Waals surface area contributed by atoms with E-state index in [4.69, 9.17) is 14.2 Å². The summed E-state index contributed by atoms with van der Waals surface area (Å²) in [7, 11) is 8.62. The van der Waals surface area contributed by atoms with Crippen LogP contribution in [0.2, 0.25) is 0 Å². The number of nitrogens with zero attached hydrogens (tertiary/aromatic N) is 2. The highest BCUT2D eigenvalue weighted by Crippen LogP contribution is 2.39. The molecule has 1 aromatic rings. The van der Waals surface area contributed by atoms with Gasteiger partial charge in [-0.3, -0.25) is 4.99 Å². The Kier molecular flexibility index (Phi) is 11.9. The van der Waals surface area contributed by atoms with Crippen LogP contribution in [0.3, 0.4) is 0 Å². The second kappa shape index (κ2) is 12.7. The van der Waals surface area contributed by atoms with Crippen LogP contribution in [0, 0.1) is 0 Å². The lowest BCUT2D eigenvalue weighted by atomic mass is 10.1. The lowest BCUT2D eigenvalue weighted by Crippen LogP contribution is -2.39. The van der Waals surface area contributed by atoms with E-state index >= 15 is 0 Å². The van der Waals surface area contributed by atoms with E-state index in [2.05, 4.69) is 21.8 Å². The second-order valence-electron chi connectivity index (χ2n) is 5.25. The van der Waals surface area contributed by atoms with Gasteiger partial charge in [0.05, 0.1) is 21.3 Å². The normalized spacial score (nSPS) is 10.5. The number of methoxy groups -OCH3 is 3. The average molecular weight is 463 g/mol. The molecule has 0 aliphatic heterocycles. The number of hydrogen-bond donors (Lipinski definition) is 1. The minimum absolute atomic E-state index is 0. The van der Waals surface area contributed by atoms with Gasteiger partial charge in [0.2, 0.25) is 5.75 Å². The van der Waals surface area contributed by atoms with Crippen molar-refractivity contribution in [3.63, 3.8) is 0 Å². The average Bonchev–Trinajstić information content (AvgIpc) is 2.61. The van der Waals surface area contributed by atoms with Crippen LogP contribution in [0.1, 0.15) is 18.4 Å². The quantitative estimate of drug-likeness (QED) is 0.200. The number of allylic oxidation sites excluding steroid dienone is 1. The summed E-state index contributed by atoms with van der Waals surface area (Å²) < 4.78 is 16.2. The maximum Gasteiger partial charge on any atom is 0.203 e. The predicted molar refractivity (Wildman–Crippen MR) is 114 cm³/mol. The minimum Gasteiger partial charge on any atom is -0.493 e. The minimum atomic E-state index is 0. The molecule has 1 N–H and O–H groups in total. The molecule has 0 aliphatic carbocycles. The molecule has 1 rings (SSSR count). The second-order valence-corrected chi connectivity index (χ2v) is 5.25. The zero-order chi connectivity index (χ0) is 17.9. The Morgan fingerprint density at radius 1 is 1.20 bits per heavy atom. The van der Waals surface area contributed by atoms with Crippen molar-refractivity contribution in [1.29, 1.82) is 0 Å². The van der Waals surface area contributed by atoms with Gasteiger partial charge in [0.1, 0.15) is 0 Å². The molecule has 0 fully saturated rings. The van der Waals surface area contributed by atoms with E-state index in [0.29, 0.717) is 23.8 Å². The Morgan fingerprint density at radius 2 is 1.88 bits per heavy atom. The van der Waals surface area contributed by atoms with Gasteiger partial charge in [-0.25, -0.2) is 0 Å². The molecule has 0 radical (unpaired) electrons. The summed E-state index contributed by atoms with van der Waals surface area (Å²) in [6, 6.07) is 3.83. The summed E-state index contributed by atoms with van der Waals surface area (Å²) >= 11 is 0. The number of rotatable bonds is 9. The molecule has 142 valence electrons. The molecule has 0 heterocycles. The lowest BCUT2D eigenvalue weighted by Gasteiger charge is -2.23. The number of ether oxygens (including phenoxy) is 3. The van der Waals surface area contributed by atoms with Crippen molar-refractivity contribution in [2.24, 2.45) is 4.99 Å². The summed E-state index contributed by atoms with van der Waals surface area (Å²) in [5.74, 6) is 2.72. The molecule has 7 heteroatoms. The molecule has 0 saturated carbocycles. The van der Waals surface area contributed by atoms with Crippen LogP contribution in [-0.2, 0) is 6.54 Å². The molecule has 0 spiro atoms. The van der Waals surface area contributed by atoms with E-state index in [0.717, 1.165) is 30.9 Å². The smallest absolute Gasteiger partial charge is 0.203 e. The highest BCUT2D eigenvalue weighted by molar-refractivity contribution is 14.0. The first-order valence-electron chi connectivity index (χ1n) is 7.93. The van der Waals surface area contributed by atoms with Crippen molar-refractivity contribution in [2.45, 2.75) is 19.4 Å². The fraction of sp³-hybridized carbons (Fsp3) is 0.500. The van der Waals surface area contributed by atoms with Gasteiger partial charge in [0.25, 0.3) is 0 Å². The van der Waals surface area contributed by atoms with Gasteiger partial charge in [-0.15, -0.1) is 30.6 Å². The van der Waals surface area contributed by atoms with Gasteiger partial charge in [-0.05, 0) is 25.0 Å². The van der Waals surface area contributed by atoms with Crippen LogP contribution in [0.4, 0.5) is 0 Å². The lowest BCUT2D eigenvalue weighted by molar-refractivity contribution is 0.322. The van der Waals surface area contributed by atoms with Crippen LogP contribution in [0.5, 0.6) is 17.2 Å². The first-order valence-corrected chi connectivity index (χ1v) is 7.93. The molecular formula is C18H30IN3O3. The predicted octanol–water partition coefficient (Wildman–Crippen LogP) is 3.30. The van der Waals surface area contributed by atoms with Gasteiger partial charge in [0, 0.05) is 32.7 Å². The van der Waals surface area contributed by atoms with Gasteiger partial charge in [-0.1, -0.05) is 6.08 Å². The summed E-state index contributed by atoms with van der Waals surface area (Å²) in [6.45, 7) is 5.23. The Bertz CT molecular complexity index is 565. The van der Waals surface area contributed by atoms with Crippen LogP contribution in [0.15, 0.2) is 29.8 Å². The number of nitrogens with one attached hydrogen (secondary N) is 1. The van der Waals surface area contributed by atoms with Crippen molar-refractivity contribution >= 4 is 29.9 Å². The number of hydrogen-bond acceptors (Lipinski definition) is 4. The van der Waals surface area contributed by atoms with Gasteiger partial charge < -0.3 is 24.4 Å². The first-order chi connectivity index (χ1) is 11.6. The Balaban J connectivity index is 0.00000576. The number of guanidine groups is 1. The summed E-state index contributed by atoms with van der Waals surface area (Å²) in [5.41, 5.74) is 0.968. The molecule has 0 aliphatic rings. The molecule has 0 saturated heterocycles. The zero-order valence-electron chi connectivity index (χ0n) is 15.8. The summed E-state index contributed by atoms with van der Waals surface area (Å²) in [6.07, 6.45) is 3.96. The zero-order valence-corrected chi connectivity index (χ0v) is 18.1. The number of aliphatic imine (C=N–C) groups is 1. The van der Waals surface area contributed by atoms with Crippen LogP contribution in [0.25, 0.3) is 0 Å². The topological polar surface area (TPSA) is 55.3 Å². The van der Waals surface area contributed by atoms with Crippen LogP contribution < -0.4 is 19.5 Å². The number of benzene rings is 1. The third-order valence-corrected chi connectivity index (χ3v) is 3.70. The maximum absolute atomic E-state index is 5.51. The van der Waals surface area contributed by atoms with E-state index in [1.54, 1.807) is 28.4 Å². The summed E-state index contributed by atoms with van der Waals surface area (Å²) in [4.78, 5) is 6.42. The highest BCUT2D eigenvalue weighted by Gasteiger charge is 2.16. The Labute approximate surface area is 168 Å². The van der Waals surface area contributed by atoms with E-state index < -0.39 is 0 Å². The van der Waals surface area contributed by atoms with E-state index in [1.165, 1.54) is 0 Å². The third-order valence-electron chi connectivity index (χ3n) is 3.70. The van der Waals surface area contributed by atoms with Crippen molar-refractivity contribution < 1.29 is 14.2 Å². The van der Waals surface area contributed by atoms with Crippen molar-refractivity contribution in [1.82, 2.24) is 10.2 Å². The monoisotopic (exact) mass is 463 g/mol. The van der Waals surface area contributed by atoms with Gasteiger partial charge in [-0.2, -0.15) is 0 Å². The summed E-state index contributed by atoms with van der Waals surface area (Å²) in [5, 5.41) is 3.35. The molecule has 25 heavy (non-hydrogen) atoms. The SMILES string of the molecule is C=CCCCN(C)C(=NC)NCc1ccc(OC)c(OC)c1OC.I. The Morgan fingerprint density at radius 3 is 2.40 bits per heavy atom. The highest BCUT2D eigenvalue weighted by atomic mass is 127. The molecule has 0 bridgehead atoms. The van der Waals surface area contributed by atoms with Gasteiger partial charge >= 0.3 is 0 Å². The standard InChI is InChI=1S/C18H29N3O3.HI/c1-7-8-9-12-21(3)18(19-2)20-13-14-10-11-15(22-4)17(24-6)16(14)23-5;/h7,10-11H,1,8-9,12-13H2,2-6H3,(H,19,20);1H. The van der Waals surface area contributed by atoms with Crippen LogP contribution in [-0.4, -0.2) is 52.8 Å². The van der Waals surface area contributed by atoms with E-state index in [9.17, 15) is 0 Å². The molecule has 0 unspecified atom stereocenters. The molecule has 0 atom stereocenters. The van der Waals surface area contributed by atoms with Gasteiger partial charge in [0.15, 0.2) is 17.5 Å². The van der Waals surface area contributed by atoms with E-state index in [1.807, 2.05) is 25.3 Å². The molecule has 1 aromatic carbocycles. The van der Waals surface area contributed by atoms with Crippen molar-refractivity contribution in [3.8, 4) is 17.2 Å². The maximum atomic E-state index is 5.51. The molecular weight excluding hydrogens is 433 g/mol. The first kappa shape index (κ1) is 23.4. The fourth-order valence-electron chi connectivity index (χ4n) is 2.44. The molecule has 0 amide bonds. The van der Waals surface area contributed by atoms with Crippen molar-refractivity contribution in [2.75, 3.05) is 42.0 Å². The number of halogens is 1. The fourth-order valence-corrected chi connectivity index (χ4v) is 2.44. The van der Waals surface area contributed by atoms with Crippen LogP contribution >= 0.6 is 24.0 Å². The largest absolute Gasteiger partial charge is 0.493 e. The van der Waals surface area contributed by atoms with E-state index in [-0.39, 0.29) is 24.0 Å². The third kappa shape index (κ3) is 6.64. The Hall–Kier alpha value is -1.64. The molecule has 0 aromatic heterocycles. The number of unbranched alkanes of at least 4 members (excludes halogenated alkanes) is 1. The molecule has 6 nitrogen and oxygen atoms in total.